The van der Waals surface area contributed by atoms with Gasteiger partial charge in [0.2, 0.25) is 0 Å². The summed E-state index contributed by atoms with van der Waals surface area (Å²) in [6.45, 7) is 6.63. The smallest absolute Gasteiger partial charge is 0.251 e. The Morgan fingerprint density at radius 3 is 2.60 bits per heavy atom. The van der Waals surface area contributed by atoms with E-state index in [0.29, 0.717) is 12.1 Å². The van der Waals surface area contributed by atoms with Crippen LogP contribution >= 0.6 is 0 Å². The molecule has 3 rings (SSSR count). The molecule has 1 atom stereocenters. The van der Waals surface area contributed by atoms with Crippen molar-refractivity contribution in [1.82, 2.24) is 20.1 Å². The summed E-state index contributed by atoms with van der Waals surface area (Å²) in [5.41, 5.74) is 4.84. The Bertz CT molecular complexity index is 870. The Balaban J connectivity index is 1.72. The molecular formula is C20H22N4O. The molecule has 1 aromatic carbocycles. The second kappa shape index (κ2) is 7.30. The minimum atomic E-state index is -0.0838. The van der Waals surface area contributed by atoms with Gasteiger partial charge >= 0.3 is 0 Å². The lowest BCUT2D eigenvalue weighted by Gasteiger charge is -2.14. The third kappa shape index (κ3) is 4.12. The van der Waals surface area contributed by atoms with Gasteiger partial charge in [-0.2, -0.15) is 5.10 Å². The highest BCUT2D eigenvalue weighted by atomic mass is 16.1. The van der Waals surface area contributed by atoms with Gasteiger partial charge in [-0.25, -0.2) is 0 Å². The lowest BCUT2D eigenvalue weighted by Crippen LogP contribution is -2.26. The minimum absolute atomic E-state index is 0.0739. The fourth-order valence-corrected chi connectivity index (χ4v) is 2.83. The maximum atomic E-state index is 12.6. The van der Waals surface area contributed by atoms with Gasteiger partial charge < -0.3 is 5.32 Å². The first-order chi connectivity index (χ1) is 12.0. The number of benzene rings is 1. The van der Waals surface area contributed by atoms with Gasteiger partial charge in [0, 0.05) is 23.7 Å². The summed E-state index contributed by atoms with van der Waals surface area (Å²) in [5.74, 6) is -0.0838. The van der Waals surface area contributed by atoms with Gasteiger partial charge in [0.15, 0.2) is 0 Å². The zero-order chi connectivity index (χ0) is 17.8. The van der Waals surface area contributed by atoms with Gasteiger partial charge in [-0.3, -0.25) is 14.5 Å². The predicted molar refractivity (Wildman–Crippen MR) is 97.4 cm³/mol. The Morgan fingerprint density at radius 1 is 1.16 bits per heavy atom. The number of hydrogen-bond acceptors (Lipinski definition) is 3. The van der Waals surface area contributed by atoms with Crippen LogP contribution < -0.4 is 5.32 Å². The number of rotatable bonds is 5. The van der Waals surface area contributed by atoms with E-state index in [1.165, 1.54) is 0 Å². The molecule has 5 heteroatoms. The molecule has 0 bridgehead atoms. The maximum absolute atomic E-state index is 12.6. The van der Waals surface area contributed by atoms with Crippen LogP contribution in [0.3, 0.4) is 0 Å². The van der Waals surface area contributed by atoms with E-state index in [1.54, 1.807) is 12.4 Å². The van der Waals surface area contributed by atoms with Crippen molar-refractivity contribution in [3.63, 3.8) is 0 Å². The molecule has 1 N–H and O–H groups in total. The van der Waals surface area contributed by atoms with Gasteiger partial charge in [-0.05, 0) is 62.2 Å². The quantitative estimate of drug-likeness (QED) is 0.777. The number of amides is 1. The topological polar surface area (TPSA) is 59.8 Å². The molecule has 0 aliphatic rings. The van der Waals surface area contributed by atoms with Crippen molar-refractivity contribution in [2.24, 2.45) is 0 Å². The van der Waals surface area contributed by atoms with Gasteiger partial charge in [-0.1, -0.05) is 12.1 Å². The van der Waals surface area contributed by atoms with E-state index in [-0.39, 0.29) is 11.9 Å². The van der Waals surface area contributed by atoms with Crippen molar-refractivity contribution in [1.29, 1.82) is 0 Å². The number of pyridine rings is 1. The average molecular weight is 334 g/mol. The molecule has 0 fully saturated rings. The molecule has 0 spiro atoms. The molecule has 0 radical (unpaired) electrons. The summed E-state index contributed by atoms with van der Waals surface area (Å²) in [6, 6.07) is 13.5. The summed E-state index contributed by atoms with van der Waals surface area (Å²) in [7, 11) is 0. The predicted octanol–water partition coefficient (Wildman–Crippen LogP) is 3.43. The summed E-state index contributed by atoms with van der Waals surface area (Å²) in [4.78, 5) is 16.6. The lowest BCUT2D eigenvalue weighted by molar-refractivity contribution is 0.0939. The normalized spacial score (nSPS) is 12.0. The molecule has 0 saturated heterocycles. The molecule has 0 aliphatic heterocycles. The van der Waals surface area contributed by atoms with E-state index >= 15 is 0 Å². The van der Waals surface area contributed by atoms with E-state index in [9.17, 15) is 4.79 Å². The van der Waals surface area contributed by atoms with E-state index < -0.39 is 0 Å². The third-order valence-corrected chi connectivity index (χ3v) is 4.18. The van der Waals surface area contributed by atoms with Gasteiger partial charge in [0.1, 0.15) is 0 Å². The van der Waals surface area contributed by atoms with Crippen molar-refractivity contribution >= 4 is 5.91 Å². The maximum Gasteiger partial charge on any atom is 0.251 e. The molecule has 1 amide bonds. The number of hydrogen-bond donors (Lipinski definition) is 1. The fourth-order valence-electron chi connectivity index (χ4n) is 2.83. The molecule has 0 saturated carbocycles. The van der Waals surface area contributed by atoms with Gasteiger partial charge in [-0.15, -0.1) is 0 Å². The third-order valence-electron chi connectivity index (χ3n) is 4.18. The van der Waals surface area contributed by atoms with Crippen molar-refractivity contribution in [3.05, 3.63) is 82.9 Å². The monoisotopic (exact) mass is 334 g/mol. The largest absolute Gasteiger partial charge is 0.346 e. The first-order valence-corrected chi connectivity index (χ1v) is 8.33. The first kappa shape index (κ1) is 16.9. The van der Waals surface area contributed by atoms with Crippen LogP contribution in [-0.2, 0) is 6.54 Å². The van der Waals surface area contributed by atoms with Crippen LogP contribution in [0.4, 0.5) is 0 Å². The molecule has 25 heavy (non-hydrogen) atoms. The van der Waals surface area contributed by atoms with Crippen molar-refractivity contribution in [3.8, 4) is 0 Å². The van der Waals surface area contributed by atoms with Crippen molar-refractivity contribution < 1.29 is 4.79 Å². The Hall–Kier alpha value is -2.95. The molecule has 2 aromatic heterocycles. The van der Waals surface area contributed by atoms with Gasteiger partial charge in [0.05, 0.1) is 18.3 Å². The summed E-state index contributed by atoms with van der Waals surface area (Å²) < 4.78 is 1.95. The fraction of sp³-hybridized carbons (Fsp3) is 0.250. The zero-order valence-corrected chi connectivity index (χ0v) is 14.7. The highest BCUT2D eigenvalue weighted by Gasteiger charge is 2.12. The number of aryl methyl sites for hydroxylation is 2. The highest BCUT2D eigenvalue weighted by molar-refractivity contribution is 5.94. The highest BCUT2D eigenvalue weighted by Crippen LogP contribution is 2.13. The Morgan fingerprint density at radius 2 is 1.92 bits per heavy atom. The van der Waals surface area contributed by atoms with E-state index in [0.717, 1.165) is 22.5 Å². The van der Waals surface area contributed by atoms with Crippen LogP contribution in [0.5, 0.6) is 0 Å². The second-order valence-electron chi connectivity index (χ2n) is 6.26. The van der Waals surface area contributed by atoms with Crippen molar-refractivity contribution in [2.45, 2.75) is 33.4 Å². The van der Waals surface area contributed by atoms with Crippen LogP contribution in [0, 0.1) is 13.8 Å². The Kier molecular flexibility index (Phi) is 4.93. The van der Waals surface area contributed by atoms with Crippen molar-refractivity contribution in [2.75, 3.05) is 0 Å². The SMILES string of the molecule is Cc1cc(C)n(Cc2cccc(C(=O)N[C@@H](C)c3ccncc3)c2)n1. The van der Waals surface area contributed by atoms with Crippen LogP contribution in [0.2, 0.25) is 0 Å². The van der Waals surface area contributed by atoms with E-state index in [2.05, 4.69) is 15.4 Å². The summed E-state index contributed by atoms with van der Waals surface area (Å²) in [5, 5.41) is 7.51. The van der Waals surface area contributed by atoms with Gasteiger partial charge in [0.25, 0.3) is 5.91 Å². The molecule has 128 valence electrons. The zero-order valence-electron chi connectivity index (χ0n) is 14.7. The molecule has 5 nitrogen and oxygen atoms in total. The molecule has 2 heterocycles. The number of nitrogens with one attached hydrogen (secondary N) is 1. The van der Waals surface area contributed by atoms with Crippen LogP contribution in [0.1, 0.15) is 45.8 Å². The van der Waals surface area contributed by atoms with E-state index in [1.807, 2.05) is 67.9 Å². The first-order valence-electron chi connectivity index (χ1n) is 8.33. The minimum Gasteiger partial charge on any atom is -0.346 e. The lowest BCUT2D eigenvalue weighted by atomic mass is 10.1. The number of aromatic nitrogens is 3. The van der Waals surface area contributed by atoms with Crippen LogP contribution in [0.25, 0.3) is 0 Å². The average Bonchev–Trinajstić information content (AvgIpc) is 2.93. The molecule has 3 aromatic rings. The summed E-state index contributed by atoms with van der Waals surface area (Å²) >= 11 is 0. The second-order valence-corrected chi connectivity index (χ2v) is 6.26. The van der Waals surface area contributed by atoms with Crippen LogP contribution in [-0.4, -0.2) is 20.7 Å². The van der Waals surface area contributed by atoms with Crippen LogP contribution in [0.15, 0.2) is 54.9 Å². The summed E-state index contributed by atoms with van der Waals surface area (Å²) in [6.07, 6.45) is 3.46. The Labute approximate surface area is 147 Å². The standard InChI is InChI=1S/C20H22N4O/c1-14-11-15(2)24(23-14)13-17-5-4-6-19(12-17)20(25)22-16(3)18-7-9-21-10-8-18/h4-12,16H,13H2,1-3H3,(H,22,25)/t16-/m0/s1. The molecular weight excluding hydrogens is 312 g/mol. The number of nitrogens with zero attached hydrogens (tertiary/aromatic N) is 3. The molecule has 0 aliphatic carbocycles. The number of carbonyl (C=O) groups is 1. The van der Waals surface area contributed by atoms with E-state index in [4.69, 9.17) is 0 Å². The molecule has 0 unspecified atom stereocenters. The number of carbonyl (C=O) groups excluding carboxylic acids is 1.